The molecule has 15 heavy (non-hydrogen) atoms. The zero-order valence-electron chi connectivity index (χ0n) is 7.99. The molecule has 0 spiro atoms. The van der Waals surface area contributed by atoms with Crippen LogP contribution in [0.15, 0.2) is 16.7 Å². The molecule has 0 radical (unpaired) electrons. The summed E-state index contributed by atoms with van der Waals surface area (Å²) >= 11 is 5.58. The molecule has 0 aliphatic heterocycles. The van der Waals surface area contributed by atoms with Gasteiger partial charge >= 0.3 is 5.97 Å². The van der Waals surface area contributed by atoms with Crippen molar-refractivity contribution in [2.45, 2.75) is 19.4 Å². The van der Waals surface area contributed by atoms with Crippen molar-refractivity contribution in [2.75, 3.05) is 0 Å². The molecule has 0 saturated heterocycles. The fourth-order valence-electron chi connectivity index (χ4n) is 1.07. The lowest BCUT2D eigenvalue weighted by Gasteiger charge is -2.10. The first-order chi connectivity index (χ1) is 7.00. The lowest BCUT2D eigenvalue weighted by atomic mass is 10.2. The van der Waals surface area contributed by atoms with Crippen molar-refractivity contribution in [3.8, 4) is 0 Å². The fourth-order valence-corrected chi connectivity index (χ4v) is 1.27. The third-order valence-electron chi connectivity index (χ3n) is 1.72. The summed E-state index contributed by atoms with van der Waals surface area (Å²) in [6.07, 6.45) is 1.15. The predicted octanol–water partition coefficient (Wildman–Crippen LogP) is 1.53. The van der Waals surface area contributed by atoms with Crippen molar-refractivity contribution < 1.29 is 19.1 Å². The molecule has 1 amide bonds. The number of hydrogen-bond donors (Lipinski definition) is 2. The van der Waals surface area contributed by atoms with Gasteiger partial charge in [0.1, 0.15) is 0 Å². The second kappa shape index (κ2) is 4.84. The van der Waals surface area contributed by atoms with Crippen LogP contribution in [0.3, 0.4) is 0 Å². The second-order valence-electron chi connectivity index (χ2n) is 3.08. The number of amides is 1. The molecular formula is C9H10ClNO4. The first-order valence-electron chi connectivity index (χ1n) is 4.26. The van der Waals surface area contributed by atoms with Gasteiger partial charge in [0, 0.05) is 6.04 Å². The maximum Gasteiger partial charge on any atom is 0.305 e. The number of carboxylic acids is 1. The Morgan fingerprint density at radius 2 is 2.33 bits per heavy atom. The third-order valence-corrected chi connectivity index (χ3v) is 2.01. The van der Waals surface area contributed by atoms with E-state index in [0.717, 1.165) is 0 Å². The van der Waals surface area contributed by atoms with Crippen molar-refractivity contribution in [2.24, 2.45) is 0 Å². The molecule has 0 aliphatic carbocycles. The smallest absolute Gasteiger partial charge is 0.305 e. The summed E-state index contributed by atoms with van der Waals surface area (Å²) in [6.45, 7) is 1.60. The highest BCUT2D eigenvalue weighted by Gasteiger charge is 2.16. The molecule has 1 heterocycles. The molecular weight excluding hydrogens is 222 g/mol. The van der Waals surface area contributed by atoms with E-state index in [2.05, 4.69) is 5.32 Å². The molecule has 0 saturated carbocycles. The van der Waals surface area contributed by atoms with Crippen LogP contribution in [0.2, 0.25) is 5.22 Å². The number of furan rings is 1. The molecule has 1 rings (SSSR count). The van der Waals surface area contributed by atoms with Crippen LogP contribution in [-0.2, 0) is 4.79 Å². The standard InChI is InChI=1S/C9H10ClNO4/c1-5(4-7(12)13)11-9(14)6-2-3-15-8(6)10/h2-3,5H,4H2,1H3,(H,11,14)(H,12,13). The third kappa shape index (κ3) is 3.28. The number of carboxylic acid groups (broad SMARTS) is 1. The van der Waals surface area contributed by atoms with E-state index in [1.54, 1.807) is 6.92 Å². The lowest BCUT2D eigenvalue weighted by molar-refractivity contribution is -0.137. The Balaban J connectivity index is 2.56. The highest BCUT2D eigenvalue weighted by molar-refractivity contribution is 6.32. The molecule has 5 nitrogen and oxygen atoms in total. The highest BCUT2D eigenvalue weighted by Crippen LogP contribution is 2.16. The van der Waals surface area contributed by atoms with E-state index in [4.69, 9.17) is 21.1 Å². The minimum Gasteiger partial charge on any atom is -0.481 e. The fraction of sp³-hybridized carbons (Fsp3) is 0.333. The van der Waals surface area contributed by atoms with Crippen LogP contribution >= 0.6 is 11.6 Å². The first-order valence-corrected chi connectivity index (χ1v) is 4.64. The second-order valence-corrected chi connectivity index (χ2v) is 3.42. The number of aliphatic carboxylic acids is 1. The predicted molar refractivity (Wildman–Crippen MR) is 52.9 cm³/mol. The van der Waals surface area contributed by atoms with E-state index in [1.165, 1.54) is 12.3 Å². The summed E-state index contributed by atoms with van der Waals surface area (Å²) < 4.78 is 4.74. The van der Waals surface area contributed by atoms with Gasteiger partial charge in [0.05, 0.1) is 18.2 Å². The number of hydrogen-bond acceptors (Lipinski definition) is 3. The minimum absolute atomic E-state index is 0.00461. The van der Waals surface area contributed by atoms with Gasteiger partial charge in [-0.3, -0.25) is 9.59 Å². The normalized spacial score (nSPS) is 12.1. The number of rotatable bonds is 4. The van der Waals surface area contributed by atoms with Crippen molar-refractivity contribution in [1.29, 1.82) is 0 Å². The van der Waals surface area contributed by atoms with E-state index in [9.17, 15) is 9.59 Å². The summed E-state index contributed by atoms with van der Waals surface area (Å²) in [5.41, 5.74) is 0.203. The Kier molecular flexibility index (Phi) is 3.74. The SMILES string of the molecule is CC(CC(=O)O)NC(=O)c1ccoc1Cl. The zero-order chi connectivity index (χ0) is 11.4. The number of carbonyl (C=O) groups excluding carboxylic acids is 1. The summed E-state index contributed by atoms with van der Waals surface area (Å²) in [7, 11) is 0. The number of nitrogens with one attached hydrogen (secondary N) is 1. The zero-order valence-corrected chi connectivity index (χ0v) is 8.75. The van der Waals surface area contributed by atoms with E-state index >= 15 is 0 Å². The molecule has 0 fully saturated rings. The largest absolute Gasteiger partial charge is 0.481 e. The van der Waals surface area contributed by atoms with Crippen LogP contribution in [0.4, 0.5) is 0 Å². The van der Waals surface area contributed by atoms with E-state index in [0.29, 0.717) is 0 Å². The average molecular weight is 232 g/mol. The van der Waals surface area contributed by atoms with Crippen LogP contribution in [0, 0.1) is 0 Å². The molecule has 0 bridgehead atoms. The summed E-state index contributed by atoms with van der Waals surface area (Å²) in [5.74, 6) is -1.41. The van der Waals surface area contributed by atoms with Crippen LogP contribution in [0.1, 0.15) is 23.7 Å². The van der Waals surface area contributed by atoms with Crippen LogP contribution in [0.5, 0.6) is 0 Å². The van der Waals surface area contributed by atoms with Gasteiger partial charge in [-0.05, 0) is 24.6 Å². The van der Waals surface area contributed by atoms with E-state index < -0.39 is 17.9 Å². The lowest BCUT2D eigenvalue weighted by Crippen LogP contribution is -2.34. The van der Waals surface area contributed by atoms with Gasteiger partial charge in [-0.1, -0.05) is 0 Å². The quantitative estimate of drug-likeness (QED) is 0.824. The Morgan fingerprint density at radius 3 is 2.80 bits per heavy atom. The monoisotopic (exact) mass is 231 g/mol. The van der Waals surface area contributed by atoms with Gasteiger partial charge in [-0.2, -0.15) is 0 Å². The van der Waals surface area contributed by atoms with Gasteiger partial charge in [-0.25, -0.2) is 0 Å². The molecule has 6 heteroatoms. The Bertz CT molecular complexity index is 374. The molecule has 0 aromatic carbocycles. The van der Waals surface area contributed by atoms with Crippen molar-refractivity contribution in [1.82, 2.24) is 5.32 Å². The number of carbonyl (C=O) groups is 2. The van der Waals surface area contributed by atoms with Crippen LogP contribution < -0.4 is 5.32 Å². The average Bonchev–Trinajstić information content (AvgIpc) is 2.49. The van der Waals surface area contributed by atoms with Gasteiger partial charge < -0.3 is 14.8 Å². The van der Waals surface area contributed by atoms with Crippen molar-refractivity contribution in [3.05, 3.63) is 23.1 Å². The molecule has 1 aromatic rings. The summed E-state index contributed by atoms with van der Waals surface area (Å²) in [5, 5.41) is 11.0. The van der Waals surface area contributed by atoms with Gasteiger partial charge in [0.25, 0.3) is 5.91 Å². The van der Waals surface area contributed by atoms with Gasteiger partial charge in [0.15, 0.2) is 0 Å². The topological polar surface area (TPSA) is 79.5 Å². The number of halogens is 1. The van der Waals surface area contributed by atoms with E-state index in [-0.39, 0.29) is 17.2 Å². The van der Waals surface area contributed by atoms with Crippen LogP contribution in [0.25, 0.3) is 0 Å². The molecule has 82 valence electrons. The van der Waals surface area contributed by atoms with Gasteiger partial charge in [-0.15, -0.1) is 0 Å². The first kappa shape index (κ1) is 11.6. The molecule has 1 unspecified atom stereocenters. The Morgan fingerprint density at radius 1 is 1.67 bits per heavy atom. The maximum atomic E-state index is 11.5. The minimum atomic E-state index is -0.971. The Hall–Kier alpha value is -1.49. The summed E-state index contributed by atoms with van der Waals surface area (Å²) in [4.78, 5) is 21.8. The highest BCUT2D eigenvalue weighted by atomic mass is 35.5. The molecule has 0 aliphatic rings. The Labute approximate surface area is 91.0 Å². The molecule has 1 aromatic heterocycles. The van der Waals surface area contributed by atoms with E-state index in [1.807, 2.05) is 0 Å². The maximum absolute atomic E-state index is 11.5. The van der Waals surface area contributed by atoms with Crippen LogP contribution in [-0.4, -0.2) is 23.0 Å². The van der Waals surface area contributed by atoms with Crippen molar-refractivity contribution in [3.63, 3.8) is 0 Å². The summed E-state index contributed by atoms with van der Waals surface area (Å²) in [6, 6.07) is 0.964. The molecule has 2 N–H and O–H groups in total. The van der Waals surface area contributed by atoms with Gasteiger partial charge in [0.2, 0.25) is 5.22 Å². The van der Waals surface area contributed by atoms with Crippen molar-refractivity contribution >= 4 is 23.5 Å². The molecule has 1 atom stereocenters.